The largest absolute Gasteiger partial charge is 0.433 e. The summed E-state index contributed by atoms with van der Waals surface area (Å²) in [5.74, 6) is -1.28. The fourth-order valence-electron chi connectivity index (χ4n) is 2.06. The number of hydrogen-bond acceptors (Lipinski definition) is 5. The van der Waals surface area contributed by atoms with Gasteiger partial charge in [-0.1, -0.05) is 0 Å². The third-order valence-electron chi connectivity index (χ3n) is 3.35. The predicted octanol–water partition coefficient (Wildman–Crippen LogP) is 0.526. The molecule has 0 saturated carbocycles. The summed E-state index contributed by atoms with van der Waals surface area (Å²) in [7, 11) is -3.10. The van der Waals surface area contributed by atoms with Crippen LogP contribution in [0.5, 0.6) is 0 Å². The van der Waals surface area contributed by atoms with E-state index in [0.29, 0.717) is 12.3 Å². The lowest BCUT2D eigenvalue weighted by Gasteiger charge is -2.28. The van der Waals surface area contributed by atoms with Crippen molar-refractivity contribution in [2.45, 2.75) is 30.0 Å². The van der Waals surface area contributed by atoms with Crippen LogP contribution in [0, 0.1) is 0 Å². The molecule has 1 saturated heterocycles. The van der Waals surface area contributed by atoms with Gasteiger partial charge in [-0.25, -0.2) is 8.42 Å². The third-order valence-corrected chi connectivity index (χ3v) is 5.20. The molecule has 2 heterocycles. The lowest BCUT2D eigenvalue weighted by molar-refractivity contribution is -0.141. The third kappa shape index (κ3) is 3.50. The number of alkyl halides is 3. The Bertz CT molecular complexity index is 731. The highest BCUT2D eigenvalue weighted by Crippen LogP contribution is 2.28. The number of halogens is 3. The van der Waals surface area contributed by atoms with Gasteiger partial charge in [0.2, 0.25) is 21.8 Å². The first-order valence-corrected chi connectivity index (χ1v) is 7.82. The zero-order valence-corrected chi connectivity index (χ0v) is 12.6. The van der Waals surface area contributed by atoms with Gasteiger partial charge in [-0.05, 0) is 18.6 Å². The summed E-state index contributed by atoms with van der Waals surface area (Å²) < 4.78 is 62.8. The van der Waals surface area contributed by atoms with Gasteiger partial charge in [-0.3, -0.25) is 19.9 Å². The van der Waals surface area contributed by atoms with Crippen molar-refractivity contribution in [1.29, 1.82) is 0 Å². The molecule has 126 valence electrons. The van der Waals surface area contributed by atoms with Crippen molar-refractivity contribution in [2.24, 2.45) is 0 Å². The number of sulfonamides is 1. The molecule has 1 fully saturated rings. The molecule has 2 amide bonds. The number of carbonyl (C=O) groups is 2. The Morgan fingerprint density at radius 2 is 1.96 bits per heavy atom. The van der Waals surface area contributed by atoms with Crippen molar-refractivity contribution in [3.05, 3.63) is 24.0 Å². The molecule has 1 N–H and O–H groups in total. The maximum Gasteiger partial charge on any atom is 0.433 e. The number of imide groups is 1. The Morgan fingerprint density at radius 3 is 2.43 bits per heavy atom. The average Bonchev–Trinajstić information content (AvgIpc) is 2.46. The van der Waals surface area contributed by atoms with E-state index in [1.807, 2.05) is 5.32 Å². The van der Waals surface area contributed by atoms with Gasteiger partial charge in [0.1, 0.15) is 16.6 Å². The van der Waals surface area contributed by atoms with Gasteiger partial charge in [0, 0.05) is 19.7 Å². The van der Waals surface area contributed by atoms with Crippen molar-refractivity contribution in [3.63, 3.8) is 0 Å². The van der Waals surface area contributed by atoms with E-state index in [0.717, 1.165) is 17.4 Å². The van der Waals surface area contributed by atoms with Gasteiger partial charge in [0.15, 0.2) is 0 Å². The first-order valence-electron chi connectivity index (χ1n) is 6.38. The fourth-order valence-corrected chi connectivity index (χ4v) is 3.36. The molecule has 1 aliphatic rings. The predicted molar refractivity (Wildman–Crippen MR) is 70.4 cm³/mol. The van der Waals surface area contributed by atoms with Crippen LogP contribution in [0.1, 0.15) is 18.5 Å². The van der Waals surface area contributed by atoms with Crippen LogP contribution in [-0.4, -0.2) is 42.6 Å². The van der Waals surface area contributed by atoms with E-state index in [1.54, 1.807) is 0 Å². The molecule has 1 aromatic heterocycles. The Hall–Kier alpha value is -2.01. The number of rotatable bonds is 3. The van der Waals surface area contributed by atoms with Gasteiger partial charge in [-0.15, -0.1) is 0 Å². The highest BCUT2D eigenvalue weighted by atomic mass is 32.2. The number of likely N-dealkylation sites (N-methyl/N-ethyl adjacent to an activating group) is 1. The Morgan fingerprint density at radius 1 is 1.30 bits per heavy atom. The van der Waals surface area contributed by atoms with Gasteiger partial charge < -0.3 is 0 Å². The number of pyridine rings is 1. The van der Waals surface area contributed by atoms with Crippen LogP contribution in [0.2, 0.25) is 0 Å². The molecular weight excluding hydrogens is 339 g/mol. The number of hydrogen-bond donors (Lipinski definition) is 1. The molecule has 1 atom stereocenters. The van der Waals surface area contributed by atoms with E-state index in [4.69, 9.17) is 0 Å². The van der Waals surface area contributed by atoms with Gasteiger partial charge in [0.05, 0.1) is 0 Å². The Labute approximate surface area is 129 Å². The second-order valence-corrected chi connectivity index (χ2v) is 6.86. The molecule has 0 aromatic carbocycles. The highest BCUT2D eigenvalue weighted by molar-refractivity contribution is 7.89. The second-order valence-electron chi connectivity index (χ2n) is 4.87. The molecule has 0 spiro atoms. The van der Waals surface area contributed by atoms with Gasteiger partial charge in [0.25, 0.3) is 0 Å². The van der Waals surface area contributed by atoms with E-state index < -0.39 is 44.6 Å². The van der Waals surface area contributed by atoms with E-state index >= 15 is 0 Å². The smallest absolute Gasteiger partial charge is 0.295 e. The number of nitrogens with one attached hydrogen (secondary N) is 1. The minimum absolute atomic E-state index is 0.00550. The molecule has 11 heteroatoms. The first kappa shape index (κ1) is 17.3. The molecule has 0 aliphatic carbocycles. The standard InChI is InChI=1S/C12H12F3N3O4S/c1-18(8-3-5-10(19)17-11(8)20)23(21,22)7-2-4-9(16-6-7)12(13,14)15/h2,4,6,8H,3,5H2,1H3,(H,17,19,20). The van der Waals surface area contributed by atoms with Crippen molar-refractivity contribution in [1.82, 2.24) is 14.6 Å². The zero-order chi connectivity index (χ0) is 17.4. The first-order chi connectivity index (χ1) is 10.5. The number of aromatic nitrogens is 1. The van der Waals surface area contributed by atoms with Crippen molar-refractivity contribution < 1.29 is 31.2 Å². The summed E-state index contributed by atoms with van der Waals surface area (Å²) in [6, 6.07) is 0.207. The van der Waals surface area contributed by atoms with Crippen LogP contribution in [0.4, 0.5) is 13.2 Å². The topological polar surface area (TPSA) is 96.4 Å². The van der Waals surface area contributed by atoms with E-state index in [-0.39, 0.29) is 12.8 Å². The normalized spacial score (nSPS) is 19.8. The fraction of sp³-hybridized carbons (Fsp3) is 0.417. The van der Waals surface area contributed by atoms with Gasteiger partial charge in [-0.2, -0.15) is 17.5 Å². The number of piperidine rings is 1. The highest BCUT2D eigenvalue weighted by Gasteiger charge is 2.37. The molecule has 0 bridgehead atoms. The van der Waals surface area contributed by atoms with Gasteiger partial charge >= 0.3 is 6.18 Å². The number of carbonyl (C=O) groups excluding carboxylic acids is 2. The summed E-state index contributed by atoms with van der Waals surface area (Å²) in [6.45, 7) is 0. The lowest BCUT2D eigenvalue weighted by Crippen LogP contribution is -2.52. The summed E-state index contributed by atoms with van der Waals surface area (Å²) in [6.07, 6.45) is -4.13. The van der Waals surface area contributed by atoms with Crippen LogP contribution < -0.4 is 5.32 Å². The Kier molecular flexibility index (Phi) is 4.44. The molecule has 1 aromatic rings. The van der Waals surface area contributed by atoms with Crippen molar-refractivity contribution in [3.8, 4) is 0 Å². The molecule has 1 aliphatic heterocycles. The van der Waals surface area contributed by atoms with Crippen LogP contribution in [0.15, 0.2) is 23.2 Å². The molecule has 23 heavy (non-hydrogen) atoms. The number of amides is 2. The molecular formula is C12H12F3N3O4S. The molecule has 1 unspecified atom stereocenters. The summed E-state index contributed by atoms with van der Waals surface area (Å²) >= 11 is 0. The van der Waals surface area contributed by atoms with Crippen LogP contribution in [0.3, 0.4) is 0 Å². The second kappa shape index (κ2) is 5.89. The van der Waals surface area contributed by atoms with Crippen molar-refractivity contribution >= 4 is 21.8 Å². The minimum Gasteiger partial charge on any atom is -0.295 e. The van der Waals surface area contributed by atoms with E-state index in [9.17, 15) is 31.2 Å². The molecule has 2 rings (SSSR count). The molecule has 7 nitrogen and oxygen atoms in total. The SMILES string of the molecule is CN(C1CCC(=O)NC1=O)S(=O)(=O)c1ccc(C(F)(F)F)nc1. The molecule has 0 radical (unpaired) electrons. The maximum absolute atomic E-state index is 12.4. The van der Waals surface area contributed by atoms with Crippen LogP contribution >= 0.6 is 0 Å². The summed E-state index contributed by atoms with van der Waals surface area (Å²) in [5.41, 5.74) is -1.22. The number of nitrogens with zero attached hydrogens (tertiary/aromatic N) is 2. The zero-order valence-electron chi connectivity index (χ0n) is 11.8. The monoisotopic (exact) mass is 351 g/mol. The van der Waals surface area contributed by atoms with E-state index in [1.165, 1.54) is 0 Å². The lowest BCUT2D eigenvalue weighted by atomic mass is 10.1. The maximum atomic E-state index is 12.4. The Balaban J connectivity index is 2.27. The van der Waals surface area contributed by atoms with Crippen molar-refractivity contribution in [2.75, 3.05) is 7.05 Å². The average molecular weight is 351 g/mol. The quantitative estimate of drug-likeness (QED) is 0.801. The van der Waals surface area contributed by atoms with Crippen LogP contribution in [-0.2, 0) is 25.8 Å². The minimum atomic E-state index is -4.68. The summed E-state index contributed by atoms with van der Waals surface area (Å²) in [5, 5.41) is 2.01. The van der Waals surface area contributed by atoms with Crippen LogP contribution in [0.25, 0.3) is 0 Å². The van der Waals surface area contributed by atoms with E-state index in [2.05, 4.69) is 4.98 Å². The summed E-state index contributed by atoms with van der Waals surface area (Å²) in [4.78, 5) is 25.4.